The molecule has 2 aromatic carbocycles. The number of rotatable bonds is 10. The lowest BCUT2D eigenvalue weighted by Crippen LogP contribution is -2.50. The minimum Gasteiger partial charge on any atom is -0.426 e. The summed E-state index contributed by atoms with van der Waals surface area (Å²) >= 11 is 12.1. The molecular formula is C22H26BCl2NO5S. The Kier molecular flexibility index (Phi) is 8.64. The van der Waals surface area contributed by atoms with Crippen LogP contribution in [0, 0.1) is 11.8 Å². The molecule has 0 radical (unpaired) electrons. The van der Waals surface area contributed by atoms with Gasteiger partial charge in [0.05, 0.1) is 27.5 Å². The van der Waals surface area contributed by atoms with Crippen LogP contribution in [0.4, 0.5) is 0 Å². The van der Waals surface area contributed by atoms with Gasteiger partial charge >= 0.3 is 7.12 Å². The number of carbonyl (C=O) groups excluding carboxylic acids is 1. The highest BCUT2D eigenvalue weighted by molar-refractivity contribution is 7.91. The van der Waals surface area contributed by atoms with Gasteiger partial charge in [0.2, 0.25) is 5.91 Å². The maximum atomic E-state index is 13.2. The largest absolute Gasteiger partial charge is 0.475 e. The quantitative estimate of drug-likeness (QED) is 0.437. The zero-order chi connectivity index (χ0) is 23.3. The third-order valence-corrected chi connectivity index (χ3v) is 8.37. The Morgan fingerprint density at radius 1 is 1.12 bits per heavy atom. The van der Waals surface area contributed by atoms with Crippen molar-refractivity contribution in [3.8, 4) is 0 Å². The first-order valence-electron chi connectivity index (χ1n) is 10.5. The van der Waals surface area contributed by atoms with Crippen LogP contribution in [-0.4, -0.2) is 43.2 Å². The Morgan fingerprint density at radius 3 is 2.41 bits per heavy atom. The van der Waals surface area contributed by atoms with Gasteiger partial charge < -0.3 is 15.4 Å². The lowest BCUT2D eigenvalue weighted by atomic mass is 9.69. The molecule has 6 nitrogen and oxygen atoms in total. The van der Waals surface area contributed by atoms with Gasteiger partial charge in [0.1, 0.15) is 0 Å². The second-order valence-electron chi connectivity index (χ2n) is 8.30. The van der Waals surface area contributed by atoms with E-state index in [4.69, 9.17) is 23.2 Å². The minimum absolute atomic E-state index is 0.0295. The van der Waals surface area contributed by atoms with Gasteiger partial charge in [-0.05, 0) is 42.5 Å². The molecule has 32 heavy (non-hydrogen) atoms. The first-order chi connectivity index (χ1) is 15.2. The van der Waals surface area contributed by atoms with E-state index in [2.05, 4.69) is 5.32 Å². The van der Waals surface area contributed by atoms with E-state index in [-0.39, 0.29) is 21.4 Å². The van der Waals surface area contributed by atoms with Crippen LogP contribution >= 0.6 is 23.2 Å². The SMILES string of the molecule is O=C(N[C@@H](CC1CCC1)B(O)O)[C@H](Cc1ccccc1)CS(=O)(=O)c1cc(Cl)ccc1Cl. The van der Waals surface area contributed by atoms with Crippen molar-refractivity contribution < 1.29 is 23.3 Å². The van der Waals surface area contributed by atoms with Crippen LogP contribution in [-0.2, 0) is 21.1 Å². The Balaban J connectivity index is 1.83. The van der Waals surface area contributed by atoms with Crippen molar-refractivity contribution in [3.05, 3.63) is 64.1 Å². The van der Waals surface area contributed by atoms with Gasteiger partial charge in [0.15, 0.2) is 9.84 Å². The van der Waals surface area contributed by atoms with Crippen LogP contribution in [0.15, 0.2) is 53.4 Å². The van der Waals surface area contributed by atoms with E-state index in [1.54, 1.807) is 0 Å². The third-order valence-electron chi connectivity index (χ3n) is 5.84. The molecule has 1 aliphatic rings. The van der Waals surface area contributed by atoms with Gasteiger partial charge in [-0.2, -0.15) is 0 Å². The van der Waals surface area contributed by atoms with Gasteiger partial charge in [-0.25, -0.2) is 8.42 Å². The Labute approximate surface area is 199 Å². The van der Waals surface area contributed by atoms with E-state index in [0.717, 1.165) is 24.8 Å². The predicted molar refractivity (Wildman–Crippen MR) is 126 cm³/mol. The summed E-state index contributed by atoms with van der Waals surface area (Å²) < 4.78 is 26.3. The van der Waals surface area contributed by atoms with E-state index in [1.807, 2.05) is 30.3 Å². The molecule has 0 saturated heterocycles. The average Bonchev–Trinajstić information content (AvgIpc) is 2.71. The van der Waals surface area contributed by atoms with Crippen molar-refractivity contribution in [2.45, 2.75) is 42.9 Å². The van der Waals surface area contributed by atoms with E-state index < -0.39 is 40.5 Å². The number of amides is 1. The van der Waals surface area contributed by atoms with Crippen molar-refractivity contribution in [3.63, 3.8) is 0 Å². The standard InChI is InChI=1S/C22H26BCl2NO5S/c24-18-9-10-19(25)20(13-18)32(30,31)14-17(11-15-5-2-1-3-6-15)22(27)26-21(23(28)29)12-16-7-4-8-16/h1-3,5-6,9-10,13,16-17,21,28-29H,4,7-8,11-12,14H2,(H,26,27)/t17-,21+/m1/s1. The molecule has 0 unspecified atom stereocenters. The first kappa shape index (κ1) is 25.1. The number of sulfone groups is 1. The monoisotopic (exact) mass is 497 g/mol. The first-order valence-corrected chi connectivity index (χ1v) is 12.9. The zero-order valence-corrected chi connectivity index (χ0v) is 19.8. The normalized spacial score (nSPS) is 16.1. The van der Waals surface area contributed by atoms with E-state index in [1.165, 1.54) is 18.2 Å². The smallest absolute Gasteiger partial charge is 0.426 e. The van der Waals surface area contributed by atoms with Crippen molar-refractivity contribution >= 4 is 46.1 Å². The van der Waals surface area contributed by atoms with Crippen LogP contribution < -0.4 is 5.32 Å². The Bertz CT molecular complexity index is 1030. The molecule has 0 aromatic heterocycles. The fourth-order valence-corrected chi connectivity index (χ4v) is 6.20. The Hall–Kier alpha value is -1.58. The topological polar surface area (TPSA) is 104 Å². The molecule has 0 aliphatic heterocycles. The van der Waals surface area contributed by atoms with Crippen LogP contribution in [0.5, 0.6) is 0 Å². The van der Waals surface area contributed by atoms with Crippen molar-refractivity contribution in [1.82, 2.24) is 5.32 Å². The molecule has 0 spiro atoms. The summed E-state index contributed by atoms with van der Waals surface area (Å²) in [6, 6.07) is 13.2. The highest BCUT2D eigenvalue weighted by atomic mass is 35.5. The fourth-order valence-electron chi connectivity index (χ4n) is 3.84. The minimum atomic E-state index is -3.95. The average molecular weight is 498 g/mol. The summed E-state index contributed by atoms with van der Waals surface area (Å²) in [6.45, 7) is 0. The Morgan fingerprint density at radius 2 is 1.81 bits per heavy atom. The fraction of sp³-hybridized carbons (Fsp3) is 0.409. The maximum absolute atomic E-state index is 13.2. The summed E-state index contributed by atoms with van der Waals surface area (Å²) in [5.41, 5.74) is 0.792. The molecule has 1 fully saturated rings. The molecule has 172 valence electrons. The molecule has 0 bridgehead atoms. The third kappa shape index (κ3) is 6.72. The molecule has 3 N–H and O–H groups in total. The summed E-state index contributed by atoms with van der Waals surface area (Å²) in [4.78, 5) is 13.0. The van der Waals surface area contributed by atoms with Crippen LogP contribution in [0.25, 0.3) is 0 Å². The predicted octanol–water partition coefficient (Wildman–Crippen LogP) is 3.31. The zero-order valence-electron chi connectivity index (χ0n) is 17.5. The molecule has 1 aliphatic carbocycles. The summed E-state index contributed by atoms with van der Waals surface area (Å²) in [5.74, 6) is -2.54. The van der Waals surface area contributed by atoms with Crippen molar-refractivity contribution in [1.29, 1.82) is 0 Å². The molecule has 10 heteroatoms. The second-order valence-corrected chi connectivity index (χ2v) is 11.2. The number of benzene rings is 2. The molecule has 1 saturated carbocycles. The molecule has 2 atom stereocenters. The number of halogens is 2. The van der Waals surface area contributed by atoms with E-state index in [9.17, 15) is 23.3 Å². The lowest BCUT2D eigenvalue weighted by Gasteiger charge is -2.30. The number of nitrogens with one attached hydrogen (secondary N) is 1. The van der Waals surface area contributed by atoms with Gasteiger partial charge in [-0.3, -0.25) is 4.79 Å². The molecule has 2 aromatic rings. The van der Waals surface area contributed by atoms with Gasteiger partial charge in [-0.15, -0.1) is 0 Å². The summed E-state index contributed by atoms with van der Waals surface area (Å²) in [6.07, 6.45) is 3.65. The van der Waals surface area contributed by atoms with Crippen LogP contribution in [0.3, 0.4) is 0 Å². The highest BCUT2D eigenvalue weighted by Crippen LogP contribution is 2.31. The van der Waals surface area contributed by atoms with Gasteiger partial charge in [0, 0.05) is 5.02 Å². The summed E-state index contributed by atoms with van der Waals surface area (Å²) in [7, 11) is -5.68. The number of hydrogen-bond acceptors (Lipinski definition) is 5. The van der Waals surface area contributed by atoms with Crippen LogP contribution in [0.2, 0.25) is 10.0 Å². The van der Waals surface area contributed by atoms with Gasteiger partial charge in [0.25, 0.3) is 0 Å². The molecule has 1 amide bonds. The van der Waals surface area contributed by atoms with E-state index in [0.29, 0.717) is 12.3 Å². The van der Waals surface area contributed by atoms with Crippen molar-refractivity contribution in [2.24, 2.45) is 11.8 Å². The number of hydrogen-bond donors (Lipinski definition) is 3. The second kappa shape index (κ2) is 11.0. The summed E-state index contributed by atoms with van der Waals surface area (Å²) in [5, 5.41) is 22.5. The highest BCUT2D eigenvalue weighted by Gasteiger charge is 2.34. The molecule has 0 heterocycles. The lowest BCUT2D eigenvalue weighted by molar-refractivity contribution is -0.124. The maximum Gasteiger partial charge on any atom is 0.475 e. The van der Waals surface area contributed by atoms with E-state index >= 15 is 0 Å². The van der Waals surface area contributed by atoms with Gasteiger partial charge in [-0.1, -0.05) is 72.8 Å². The molecular weight excluding hydrogens is 472 g/mol. The van der Waals surface area contributed by atoms with Crippen molar-refractivity contribution in [2.75, 3.05) is 5.75 Å². The van der Waals surface area contributed by atoms with Crippen LogP contribution in [0.1, 0.15) is 31.2 Å². The molecule has 3 rings (SSSR count). The number of carbonyl (C=O) groups is 1.